The van der Waals surface area contributed by atoms with Crippen LogP contribution in [-0.4, -0.2) is 47.9 Å². The van der Waals surface area contributed by atoms with Crippen LogP contribution in [0.15, 0.2) is 39.5 Å². The van der Waals surface area contributed by atoms with Gasteiger partial charge < -0.3 is 9.32 Å². The second kappa shape index (κ2) is 5.81. The summed E-state index contributed by atoms with van der Waals surface area (Å²) in [6.45, 7) is 3.38. The van der Waals surface area contributed by atoms with E-state index >= 15 is 0 Å². The van der Waals surface area contributed by atoms with E-state index in [0.717, 1.165) is 32.1 Å². The molecule has 5 nitrogen and oxygen atoms in total. The molecule has 1 saturated carbocycles. The number of fused-ring (bicyclic) bond motifs is 1. The summed E-state index contributed by atoms with van der Waals surface area (Å²) >= 11 is 0. The second-order valence-corrected chi connectivity index (χ2v) is 6.38. The summed E-state index contributed by atoms with van der Waals surface area (Å²) in [4.78, 5) is 29.2. The van der Waals surface area contributed by atoms with Gasteiger partial charge in [0.25, 0.3) is 5.91 Å². The zero-order valence-corrected chi connectivity index (χ0v) is 13.0. The summed E-state index contributed by atoms with van der Waals surface area (Å²) in [6, 6.07) is 9.10. The summed E-state index contributed by atoms with van der Waals surface area (Å²) in [5, 5.41) is 0.514. The van der Waals surface area contributed by atoms with Gasteiger partial charge in [0.15, 0.2) is 11.2 Å². The molecule has 1 aromatic carbocycles. The fourth-order valence-electron chi connectivity index (χ4n) is 3.31. The number of nitrogens with zero attached hydrogens (tertiary/aromatic N) is 2. The maximum Gasteiger partial charge on any atom is 0.289 e. The van der Waals surface area contributed by atoms with Crippen LogP contribution in [0.25, 0.3) is 11.0 Å². The molecular weight excluding hydrogens is 292 g/mol. The molecule has 120 valence electrons. The van der Waals surface area contributed by atoms with E-state index in [2.05, 4.69) is 4.90 Å². The van der Waals surface area contributed by atoms with Gasteiger partial charge in [-0.2, -0.15) is 0 Å². The Hall–Kier alpha value is -2.14. The van der Waals surface area contributed by atoms with Crippen molar-refractivity contribution >= 4 is 16.9 Å². The van der Waals surface area contributed by atoms with Crippen LogP contribution in [0.1, 0.15) is 29.8 Å². The van der Waals surface area contributed by atoms with Gasteiger partial charge in [-0.25, -0.2) is 0 Å². The van der Waals surface area contributed by atoms with Gasteiger partial charge in [-0.15, -0.1) is 0 Å². The molecule has 1 amide bonds. The number of rotatable bonds is 2. The Kier molecular flexibility index (Phi) is 3.65. The smallest absolute Gasteiger partial charge is 0.289 e. The Balaban J connectivity index is 1.57. The molecule has 1 aliphatic carbocycles. The van der Waals surface area contributed by atoms with Gasteiger partial charge in [0.2, 0.25) is 0 Å². The molecule has 0 unspecified atom stereocenters. The number of para-hydroxylation sites is 1. The maximum atomic E-state index is 12.7. The number of amides is 1. The van der Waals surface area contributed by atoms with Gasteiger partial charge in [0.1, 0.15) is 5.58 Å². The first kappa shape index (κ1) is 14.5. The highest BCUT2D eigenvalue weighted by Crippen LogP contribution is 2.27. The van der Waals surface area contributed by atoms with Gasteiger partial charge >= 0.3 is 0 Å². The zero-order chi connectivity index (χ0) is 15.8. The molecule has 23 heavy (non-hydrogen) atoms. The first-order valence-corrected chi connectivity index (χ1v) is 8.28. The molecule has 2 heterocycles. The highest BCUT2D eigenvalue weighted by atomic mass is 16.3. The van der Waals surface area contributed by atoms with Crippen molar-refractivity contribution in [1.29, 1.82) is 0 Å². The second-order valence-electron chi connectivity index (χ2n) is 6.38. The van der Waals surface area contributed by atoms with Crippen molar-refractivity contribution in [3.8, 4) is 0 Å². The Labute approximate surface area is 134 Å². The molecular formula is C18H20N2O3. The Bertz CT molecular complexity index is 794. The van der Waals surface area contributed by atoms with Crippen molar-refractivity contribution < 1.29 is 9.21 Å². The fourth-order valence-corrected chi connectivity index (χ4v) is 3.31. The normalized spacial score (nSPS) is 19.7. The average molecular weight is 312 g/mol. The van der Waals surface area contributed by atoms with Crippen LogP contribution < -0.4 is 5.43 Å². The van der Waals surface area contributed by atoms with E-state index in [1.165, 1.54) is 18.9 Å². The molecule has 4 rings (SSSR count). The van der Waals surface area contributed by atoms with E-state index in [1.807, 2.05) is 4.90 Å². The van der Waals surface area contributed by atoms with Crippen LogP contribution in [0.3, 0.4) is 0 Å². The Morgan fingerprint density at radius 3 is 2.74 bits per heavy atom. The quantitative estimate of drug-likeness (QED) is 0.852. The molecule has 1 aromatic heterocycles. The van der Waals surface area contributed by atoms with Gasteiger partial charge in [-0.1, -0.05) is 12.1 Å². The fraction of sp³-hybridized carbons (Fsp3) is 0.444. The van der Waals surface area contributed by atoms with Crippen LogP contribution in [0.2, 0.25) is 0 Å². The van der Waals surface area contributed by atoms with Gasteiger partial charge in [-0.05, 0) is 31.4 Å². The van der Waals surface area contributed by atoms with Crippen LogP contribution in [0.4, 0.5) is 0 Å². The van der Waals surface area contributed by atoms with Gasteiger partial charge in [0, 0.05) is 38.3 Å². The third-order valence-corrected chi connectivity index (χ3v) is 4.73. The summed E-state index contributed by atoms with van der Waals surface area (Å²) in [5.74, 6) is -0.0286. The maximum absolute atomic E-state index is 12.7. The standard InChI is InChI=1S/C18H20N2O3/c21-15-12-17(23-16-5-2-1-4-14(15)16)18(22)20-9-3-8-19(10-11-20)13-6-7-13/h1-2,4-5,12-13H,3,6-11H2. The zero-order valence-electron chi connectivity index (χ0n) is 13.0. The largest absolute Gasteiger partial charge is 0.451 e. The molecule has 2 aromatic rings. The topological polar surface area (TPSA) is 53.8 Å². The lowest BCUT2D eigenvalue weighted by molar-refractivity contribution is 0.0729. The van der Waals surface area contributed by atoms with Crippen molar-refractivity contribution in [3.63, 3.8) is 0 Å². The van der Waals surface area contributed by atoms with Crippen molar-refractivity contribution in [2.75, 3.05) is 26.2 Å². The number of benzene rings is 1. The lowest BCUT2D eigenvalue weighted by Crippen LogP contribution is -2.36. The molecule has 0 N–H and O–H groups in total. The van der Waals surface area contributed by atoms with E-state index in [9.17, 15) is 9.59 Å². The summed E-state index contributed by atoms with van der Waals surface area (Å²) in [5.41, 5.74) is 0.308. The summed E-state index contributed by atoms with van der Waals surface area (Å²) < 4.78 is 5.68. The SMILES string of the molecule is O=C(c1cc(=O)c2ccccc2o1)N1CCCN(C2CC2)CC1. The minimum Gasteiger partial charge on any atom is -0.451 e. The van der Waals surface area contributed by atoms with Crippen LogP contribution in [0, 0.1) is 0 Å². The molecule has 1 aliphatic heterocycles. The van der Waals surface area contributed by atoms with E-state index in [4.69, 9.17) is 4.42 Å². The predicted molar refractivity (Wildman–Crippen MR) is 87.6 cm³/mol. The molecule has 0 spiro atoms. The van der Waals surface area contributed by atoms with Crippen LogP contribution in [0.5, 0.6) is 0 Å². The molecule has 0 bridgehead atoms. The number of carbonyl (C=O) groups is 1. The minimum atomic E-state index is -0.175. The predicted octanol–water partition coefficient (Wildman–Crippen LogP) is 2.10. The summed E-state index contributed by atoms with van der Waals surface area (Å²) in [6.07, 6.45) is 3.54. The van der Waals surface area contributed by atoms with Crippen molar-refractivity contribution in [2.24, 2.45) is 0 Å². The first-order valence-electron chi connectivity index (χ1n) is 8.28. The van der Waals surface area contributed by atoms with Gasteiger partial charge in [0.05, 0.1) is 5.39 Å². The molecule has 0 radical (unpaired) electrons. The first-order chi connectivity index (χ1) is 11.2. The van der Waals surface area contributed by atoms with E-state index in [-0.39, 0.29) is 17.1 Å². The lowest BCUT2D eigenvalue weighted by atomic mass is 10.2. The number of carbonyl (C=O) groups excluding carboxylic acids is 1. The molecule has 0 atom stereocenters. The van der Waals surface area contributed by atoms with E-state index in [1.54, 1.807) is 24.3 Å². The molecule has 2 aliphatic rings. The monoisotopic (exact) mass is 312 g/mol. The third kappa shape index (κ3) is 2.88. The van der Waals surface area contributed by atoms with Crippen molar-refractivity contribution in [3.05, 3.63) is 46.3 Å². The lowest BCUT2D eigenvalue weighted by Gasteiger charge is -2.21. The summed E-state index contributed by atoms with van der Waals surface area (Å²) in [7, 11) is 0. The number of hydrogen-bond donors (Lipinski definition) is 0. The van der Waals surface area contributed by atoms with Crippen molar-refractivity contribution in [1.82, 2.24) is 9.80 Å². The number of hydrogen-bond acceptors (Lipinski definition) is 4. The van der Waals surface area contributed by atoms with E-state index in [0.29, 0.717) is 17.5 Å². The van der Waals surface area contributed by atoms with Gasteiger partial charge in [-0.3, -0.25) is 14.5 Å². The van der Waals surface area contributed by atoms with Crippen LogP contribution in [-0.2, 0) is 0 Å². The van der Waals surface area contributed by atoms with E-state index < -0.39 is 0 Å². The molecule has 1 saturated heterocycles. The van der Waals surface area contributed by atoms with Crippen LogP contribution >= 0.6 is 0 Å². The molecule has 5 heteroatoms. The third-order valence-electron chi connectivity index (χ3n) is 4.73. The minimum absolute atomic E-state index is 0.147. The average Bonchev–Trinajstić information content (AvgIpc) is 3.40. The Morgan fingerprint density at radius 2 is 1.91 bits per heavy atom. The molecule has 2 fully saturated rings. The highest BCUT2D eigenvalue weighted by Gasteiger charge is 2.31. The van der Waals surface area contributed by atoms with Crippen molar-refractivity contribution in [2.45, 2.75) is 25.3 Å². The Morgan fingerprint density at radius 1 is 1.09 bits per heavy atom. The highest BCUT2D eigenvalue weighted by molar-refractivity contribution is 5.93.